The summed E-state index contributed by atoms with van der Waals surface area (Å²) >= 11 is 0. The van der Waals surface area contributed by atoms with E-state index in [2.05, 4.69) is 114 Å². The standard InChI is InChI=1S/C8H20NO3P.C8H20NO2S.C7H18NO3P.C6H16N.C5H14N/c1-5-9(2,3)7-6-8-12-13(4,10)11;1-5-9(2,3)7-6-8-12(4,10)11;1-5-8(2,3)6-7-11-12(4,9)10;1-5-7(3,4)6-2;1-5-6(2,3)4/h5-8H2,1-4H3;5-8H2,1-4H3;5-7H2,1-4H3;5-6H2,1-4H3;5H2,1-4H3/q;+1;;2*+1. The third kappa shape index (κ3) is 57.4. The van der Waals surface area contributed by atoms with E-state index in [9.17, 15) is 27.3 Å². The van der Waals surface area contributed by atoms with Gasteiger partial charge in [0.25, 0.3) is 0 Å². The van der Waals surface area contributed by atoms with E-state index < -0.39 is 25.0 Å². The van der Waals surface area contributed by atoms with Gasteiger partial charge in [0.05, 0.1) is 142 Å². The van der Waals surface area contributed by atoms with E-state index in [-0.39, 0.29) is 6.61 Å². The number of likely N-dealkylation sites (N-methyl/N-ethyl adjacent to an activating group) is 1. The van der Waals surface area contributed by atoms with E-state index in [1.807, 2.05) is 14.1 Å². The molecule has 0 aliphatic carbocycles. The first-order valence-electron chi connectivity index (χ1n) is 18.1. The van der Waals surface area contributed by atoms with Crippen LogP contribution in [0.1, 0.15) is 54.4 Å². The van der Waals surface area contributed by atoms with Crippen molar-refractivity contribution in [3.63, 3.8) is 0 Å². The quantitative estimate of drug-likeness (QED) is 0.111. The Labute approximate surface area is 312 Å². The Morgan fingerprint density at radius 3 is 1.02 bits per heavy atom. The summed E-state index contributed by atoms with van der Waals surface area (Å²) in [5.74, 6) is 0.314. The molecule has 13 nitrogen and oxygen atoms in total. The van der Waals surface area contributed by atoms with Crippen molar-refractivity contribution in [3.05, 3.63) is 0 Å². The minimum absolute atomic E-state index is 0.276. The van der Waals surface area contributed by atoms with Gasteiger partial charge in [-0.2, -0.15) is 0 Å². The van der Waals surface area contributed by atoms with Crippen LogP contribution in [0.5, 0.6) is 0 Å². The molecule has 0 bridgehead atoms. The maximum atomic E-state index is 10.8. The van der Waals surface area contributed by atoms with Gasteiger partial charge in [-0.15, -0.1) is 0 Å². The highest BCUT2D eigenvalue weighted by atomic mass is 32.2. The lowest BCUT2D eigenvalue weighted by atomic mass is 10.3. The number of hydrogen-bond donors (Lipinski definition) is 0. The van der Waals surface area contributed by atoms with Crippen LogP contribution >= 0.6 is 15.2 Å². The van der Waals surface area contributed by atoms with Crippen molar-refractivity contribution in [3.8, 4) is 0 Å². The summed E-state index contributed by atoms with van der Waals surface area (Å²) in [6.45, 7) is 25.0. The molecule has 0 aromatic heterocycles. The lowest BCUT2D eigenvalue weighted by Crippen LogP contribution is -2.41. The number of quaternary nitrogens is 5. The maximum absolute atomic E-state index is 10.8. The minimum Gasteiger partial charge on any atom is -0.779 e. The zero-order valence-electron chi connectivity index (χ0n) is 36.7. The number of sulfone groups is 1. The smallest absolute Gasteiger partial charge is 0.147 e. The van der Waals surface area contributed by atoms with Crippen LogP contribution in [0.25, 0.3) is 0 Å². The zero-order chi connectivity index (χ0) is 41.3. The van der Waals surface area contributed by atoms with Crippen LogP contribution < -0.4 is 9.79 Å². The van der Waals surface area contributed by atoms with Crippen LogP contribution in [0, 0.1) is 0 Å². The Balaban J connectivity index is -0.000000173. The number of rotatable bonds is 19. The average molecular weight is 789 g/mol. The molecule has 0 heterocycles. The van der Waals surface area contributed by atoms with Crippen LogP contribution in [0.4, 0.5) is 0 Å². The van der Waals surface area contributed by atoms with Crippen molar-refractivity contribution in [2.75, 3.05) is 175 Å². The van der Waals surface area contributed by atoms with Gasteiger partial charge < -0.3 is 50.4 Å². The molecular formula is C34H88N5O8P2S+3. The molecular weight excluding hydrogens is 700 g/mol. The highest BCUT2D eigenvalue weighted by Crippen LogP contribution is 2.31. The highest BCUT2D eigenvalue weighted by Gasteiger charge is 2.14. The number of nitrogens with zero attached hydrogens (tertiary/aromatic N) is 5. The van der Waals surface area contributed by atoms with Crippen molar-refractivity contribution in [2.24, 2.45) is 0 Å². The van der Waals surface area contributed by atoms with Crippen molar-refractivity contribution in [1.82, 2.24) is 0 Å². The predicted molar refractivity (Wildman–Crippen MR) is 212 cm³/mol. The summed E-state index contributed by atoms with van der Waals surface area (Å²) in [5.41, 5.74) is 0. The molecule has 2 atom stereocenters. The molecule has 50 heavy (non-hydrogen) atoms. The van der Waals surface area contributed by atoms with Gasteiger partial charge in [0.1, 0.15) is 38.2 Å². The SMILES string of the molecule is CC[N+](C)(C)C.CC[N+](C)(C)CC.CC[N+](C)(C)CCCOP(C)(=O)[O-].CC[N+](C)(C)CCCS(C)(=O)=O.CC[N+](C)(C)CCOP(C)(=O)[O-]. The van der Waals surface area contributed by atoms with E-state index in [1.165, 1.54) is 25.9 Å². The Morgan fingerprint density at radius 2 is 0.780 bits per heavy atom. The van der Waals surface area contributed by atoms with Crippen LogP contribution in [0.2, 0.25) is 0 Å². The molecule has 0 saturated heterocycles. The fraction of sp³-hybridized carbons (Fsp3) is 1.00. The molecule has 16 heteroatoms. The molecule has 0 saturated carbocycles. The first-order valence-corrected chi connectivity index (χ1v) is 24.1. The molecule has 0 N–H and O–H groups in total. The lowest BCUT2D eigenvalue weighted by Gasteiger charge is -2.29. The van der Waals surface area contributed by atoms with Gasteiger partial charge in [-0.3, -0.25) is 0 Å². The molecule has 310 valence electrons. The third-order valence-corrected chi connectivity index (χ3v) is 11.1. The monoisotopic (exact) mass is 789 g/mol. The first kappa shape index (κ1) is 59.3. The summed E-state index contributed by atoms with van der Waals surface area (Å²) in [7, 11) is 13.7. The second-order valence-electron chi connectivity index (χ2n) is 16.6. The van der Waals surface area contributed by atoms with Gasteiger partial charge in [0.15, 0.2) is 0 Å². The van der Waals surface area contributed by atoms with E-state index in [0.29, 0.717) is 12.4 Å². The normalized spacial score (nSPS) is 14.9. The molecule has 0 aliphatic heterocycles. The summed E-state index contributed by atoms with van der Waals surface area (Å²) < 4.78 is 56.9. The van der Waals surface area contributed by atoms with E-state index in [4.69, 9.17) is 0 Å². The molecule has 0 aromatic rings. The fourth-order valence-electron chi connectivity index (χ4n) is 2.63. The van der Waals surface area contributed by atoms with Gasteiger partial charge in [0, 0.05) is 32.4 Å². The Bertz CT molecular complexity index is 1020. The second-order valence-corrected chi connectivity index (χ2v) is 22.5. The maximum Gasteiger partial charge on any atom is 0.147 e. The topological polar surface area (TPSA) is 133 Å². The molecule has 0 fully saturated rings. The Morgan fingerprint density at radius 1 is 0.500 bits per heavy atom. The number of hydrogen-bond acceptors (Lipinski definition) is 8. The van der Waals surface area contributed by atoms with Gasteiger partial charge in [0.2, 0.25) is 0 Å². The van der Waals surface area contributed by atoms with Gasteiger partial charge >= 0.3 is 0 Å². The van der Waals surface area contributed by atoms with Crippen LogP contribution in [-0.2, 0) is 28.0 Å². The van der Waals surface area contributed by atoms with Crippen molar-refractivity contribution in [2.45, 2.75) is 54.4 Å². The average Bonchev–Trinajstić information content (AvgIpc) is 2.94. The van der Waals surface area contributed by atoms with Gasteiger partial charge in [-0.1, -0.05) is 0 Å². The Hall–Kier alpha value is 0.0500. The summed E-state index contributed by atoms with van der Waals surface area (Å²) in [5, 5.41) is 0. The summed E-state index contributed by atoms with van der Waals surface area (Å²) in [4.78, 5) is 21.2. The molecule has 0 aliphatic rings. The van der Waals surface area contributed by atoms with E-state index in [0.717, 1.165) is 87.9 Å². The van der Waals surface area contributed by atoms with Crippen molar-refractivity contribution in [1.29, 1.82) is 0 Å². The van der Waals surface area contributed by atoms with E-state index in [1.54, 1.807) is 0 Å². The fourth-order valence-corrected chi connectivity index (χ4v) is 4.16. The molecule has 0 aromatic carbocycles. The molecule has 0 amide bonds. The van der Waals surface area contributed by atoms with E-state index >= 15 is 0 Å². The summed E-state index contributed by atoms with van der Waals surface area (Å²) in [6.07, 6.45) is 2.83. The molecule has 0 rings (SSSR count). The molecule has 0 spiro atoms. The van der Waals surface area contributed by atoms with Gasteiger partial charge in [-0.05, 0) is 41.5 Å². The van der Waals surface area contributed by atoms with Crippen LogP contribution in [0.15, 0.2) is 0 Å². The van der Waals surface area contributed by atoms with Crippen LogP contribution in [0.3, 0.4) is 0 Å². The van der Waals surface area contributed by atoms with Crippen molar-refractivity contribution >= 4 is 25.0 Å². The Kier molecular flexibility index (Phi) is 32.8. The largest absolute Gasteiger partial charge is 0.779 e. The molecule has 2 unspecified atom stereocenters. The third-order valence-electron chi connectivity index (χ3n) is 8.76. The zero-order valence-corrected chi connectivity index (χ0v) is 39.3. The molecule has 0 radical (unpaired) electrons. The van der Waals surface area contributed by atoms with Crippen molar-refractivity contribution < 1.29 is 58.8 Å². The van der Waals surface area contributed by atoms with Gasteiger partial charge in [-0.25, -0.2) is 8.42 Å². The lowest BCUT2D eigenvalue weighted by molar-refractivity contribution is -0.888. The summed E-state index contributed by atoms with van der Waals surface area (Å²) in [6, 6.07) is 0. The second kappa shape index (κ2) is 27.6. The van der Waals surface area contributed by atoms with Crippen LogP contribution in [-0.4, -0.2) is 206 Å². The first-order chi connectivity index (χ1) is 22.0. The highest BCUT2D eigenvalue weighted by molar-refractivity contribution is 7.90. The predicted octanol–water partition coefficient (Wildman–Crippen LogP) is 3.29. The minimum atomic E-state index is -3.52.